The fourth-order valence-corrected chi connectivity index (χ4v) is 0.674. The molecule has 52 valence electrons. The molecule has 0 saturated carbocycles. The summed E-state index contributed by atoms with van der Waals surface area (Å²) in [5, 5.41) is 0. The highest BCUT2D eigenvalue weighted by atomic mass is 19.3. The average molecular weight is 134 g/mol. The average Bonchev–Trinajstić information content (AvgIpc) is 2.16. The van der Waals surface area contributed by atoms with Gasteiger partial charge in [0.15, 0.2) is 5.60 Å². The molecule has 3 heteroatoms. The number of rotatable bonds is 1. The van der Waals surface area contributed by atoms with Gasteiger partial charge in [0.2, 0.25) is 0 Å². The molecule has 0 radical (unpaired) electrons. The van der Waals surface area contributed by atoms with E-state index in [9.17, 15) is 8.78 Å². The van der Waals surface area contributed by atoms with Crippen molar-refractivity contribution in [1.29, 1.82) is 0 Å². The predicted molar refractivity (Wildman–Crippen MR) is 29.3 cm³/mol. The molecule has 0 bridgehead atoms. The molecule has 1 atom stereocenters. The van der Waals surface area contributed by atoms with E-state index in [1.54, 1.807) is 6.08 Å². The predicted octanol–water partition coefficient (Wildman–Crippen LogP) is 1.94. The molecule has 1 rings (SSSR count). The van der Waals surface area contributed by atoms with Crippen LogP contribution in [0.2, 0.25) is 0 Å². The Bertz CT molecular complexity index is 123. The van der Waals surface area contributed by atoms with E-state index < -0.39 is 12.0 Å². The van der Waals surface area contributed by atoms with Gasteiger partial charge in [-0.15, -0.1) is 0 Å². The molecule has 0 N–H and O–H groups in total. The van der Waals surface area contributed by atoms with E-state index in [-0.39, 0.29) is 0 Å². The molecule has 0 aliphatic carbocycles. The molecule has 1 aliphatic rings. The van der Waals surface area contributed by atoms with Crippen molar-refractivity contribution in [3.8, 4) is 0 Å². The fourth-order valence-electron chi connectivity index (χ4n) is 0.674. The lowest BCUT2D eigenvalue weighted by atomic mass is 10.1. The lowest BCUT2D eigenvalue weighted by Gasteiger charge is -2.21. The van der Waals surface area contributed by atoms with Gasteiger partial charge in [-0.05, 0) is 13.0 Å². The summed E-state index contributed by atoms with van der Waals surface area (Å²) in [5.41, 5.74) is -1.25. The van der Waals surface area contributed by atoms with Gasteiger partial charge in [-0.1, -0.05) is 0 Å². The van der Waals surface area contributed by atoms with Gasteiger partial charge in [0.1, 0.15) is 0 Å². The molecule has 1 unspecified atom stereocenters. The Kier molecular flexibility index (Phi) is 1.43. The van der Waals surface area contributed by atoms with Crippen LogP contribution in [0.1, 0.15) is 13.3 Å². The second-order valence-corrected chi connectivity index (χ2v) is 2.31. The van der Waals surface area contributed by atoms with E-state index in [0.717, 1.165) is 0 Å². The lowest BCUT2D eigenvalue weighted by Crippen LogP contribution is -2.32. The maximum atomic E-state index is 12.0. The van der Waals surface area contributed by atoms with E-state index in [1.165, 1.54) is 13.2 Å². The van der Waals surface area contributed by atoms with Crippen molar-refractivity contribution in [1.82, 2.24) is 0 Å². The highest BCUT2D eigenvalue weighted by molar-refractivity contribution is 4.96. The Labute approximate surface area is 52.3 Å². The van der Waals surface area contributed by atoms with Crippen molar-refractivity contribution < 1.29 is 13.5 Å². The van der Waals surface area contributed by atoms with E-state index in [2.05, 4.69) is 4.74 Å². The van der Waals surface area contributed by atoms with Crippen LogP contribution >= 0.6 is 0 Å². The number of hydrogen-bond acceptors (Lipinski definition) is 1. The standard InChI is InChI=1S/C6H8F2O/c1-6(5(7)8)3-2-4-9-6/h2,4-5H,3H2,1H3. The number of alkyl halides is 2. The summed E-state index contributed by atoms with van der Waals surface area (Å²) in [7, 11) is 0. The fraction of sp³-hybridized carbons (Fsp3) is 0.667. The van der Waals surface area contributed by atoms with Crippen molar-refractivity contribution in [2.24, 2.45) is 0 Å². The normalized spacial score (nSPS) is 33.3. The highest BCUT2D eigenvalue weighted by Crippen LogP contribution is 2.28. The minimum Gasteiger partial charge on any atom is -0.489 e. The summed E-state index contributed by atoms with van der Waals surface area (Å²) in [5.74, 6) is 0. The van der Waals surface area contributed by atoms with E-state index >= 15 is 0 Å². The van der Waals surface area contributed by atoms with Crippen molar-refractivity contribution in [2.45, 2.75) is 25.4 Å². The van der Waals surface area contributed by atoms with E-state index in [0.29, 0.717) is 6.42 Å². The van der Waals surface area contributed by atoms with Crippen LogP contribution in [0.4, 0.5) is 8.78 Å². The zero-order chi connectivity index (χ0) is 6.91. The van der Waals surface area contributed by atoms with Crippen LogP contribution in [-0.2, 0) is 4.74 Å². The van der Waals surface area contributed by atoms with Crippen LogP contribution < -0.4 is 0 Å². The van der Waals surface area contributed by atoms with Crippen LogP contribution in [0.5, 0.6) is 0 Å². The maximum absolute atomic E-state index is 12.0. The van der Waals surface area contributed by atoms with Crippen molar-refractivity contribution >= 4 is 0 Å². The topological polar surface area (TPSA) is 9.23 Å². The Morgan fingerprint density at radius 3 is 2.56 bits per heavy atom. The highest BCUT2D eigenvalue weighted by Gasteiger charge is 2.37. The Morgan fingerprint density at radius 2 is 2.33 bits per heavy atom. The summed E-state index contributed by atoms with van der Waals surface area (Å²) in [6.45, 7) is 1.40. The van der Waals surface area contributed by atoms with Crippen LogP contribution in [-0.4, -0.2) is 12.0 Å². The molecule has 0 fully saturated rings. The van der Waals surface area contributed by atoms with Crippen LogP contribution in [0.15, 0.2) is 12.3 Å². The van der Waals surface area contributed by atoms with Gasteiger partial charge in [-0.3, -0.25) is 0 Å². The molecule has 0 aromatic carbocycles. The van der Waals surface area contributed by atoms with Crippen LogP contribution in [0, 0.1) is 0 Å². The van der Waals surface area contributed by atoms with Crippen LogP contribution in [0.25, 0.3) is 0 Å². The second-order valence-electron chi connectivity index (χ2n) is 2.31. The first-order valence-electron chi connectivity index (χ1n) is 2.76. The molecule has 9 heavy (non-hydrogen) atoms. The first-order valence-corrected chi connectivity index (χ1v) is 2.76. The second kappa shape index (κ2) is 1.97. The molecular formula is C6H8F2O. The number of hydrogen-bond donors (Lipinski definition) is 0. The third-order valence-electron chi connectivity index (χ3n) is 1.42. The van der Waals surface area contributed by atoms with Crippen molar-refractivity contribution in [3.05, 3.63) is 12.3 Å². The van der Waals surface area contributed by atoms with Gasteiger partial charge in [0.05, 0.1) is 6.26 Å². The first-order chi connectivity index (χ1) is 4.15. The molecule has 0 spiro atoms. The summed E-state index contributed by atoms with van der Waals surface area (Å²) in [6.07, 6.45) is 0.843. The number of halogens is 2. The number of ether oxygens (including phenoxy) is 1. The molecule has 1 aliphatic heterocycles. The van der Waals surface area contributed by atoms with Gasteiger partial charge in [-0.25, -0.2) is 8.78 Å². The SMILES string of the molecule is CC1(C(F)F)CC=CO1. The molecule has 0 aromatic rings. The Balaban J connectivity index is 2.55. The monoisotopic (exact) mass is 134 g/mol. The summed E-state index contributed by atoms with van der Waals surface area (Å²) in [4.78, 5) is 0. The van der Waals surface area contributed by atoms with Gasteiger partial charge in [0.25, 0.3) is 6.43 Å². The van der Waals surface area contributed by atoms with Gasteiger partial charge < -0.3 is 4.74 Å². The molecule has 0 aromatic heterocycles. The van der Waals surface area contributed by atoms with Gasteiger partial charge >= 0.3 is 0 Å². The Hall–Kier alpha value is -0.600. The smallest absolute Gasteiger partial charge is 0.277 e. The van der Waals surface area contributed by atoms with Gasteiger partial charge in [0, 0.05) is 6.42 Å². The molecule has 1 heterocycles. The minimum absolute atomic E-state index is 0.310. The maximum Gasteiger partial charge on any atom is 0.277 e. The lowest BCUT2D eigenvalue weighted by molar-refractivity contribution is -0.0762. The first kappa shape index (κ1) is 6.52. The Morgan fingerprint density at radius 1 is 1.67 bits per heavy atom. The summed E-state index contributed by atoms with van der Waals surface area (Å²) < 4.78 is 28.6. The quantitative estimate of drug-likeness (QED) is 0.532. The van der Waals surface area contributed by atoms with E-state index in [4.69, 9.17) is 0 Å². The van der Waals surface area contributed by atoms with Crippen molar-refractivity contribution in [3.63, 3.8) is 0 Å². The van der Waals surface area contributed by atoms with E-state index in [1.807, 2.05) is 0 Å². The zero-order valence-electron chi connectivity index (χ0n) is 5.10. The van der Waals surface area contributed by atoms with Crippen molar-refractivity contribution in [2.75, 3.05) is 0 Å². The van der Waals surface area contributed by atoms with Gasteiger partial charge in [-0.2, -0.15) is 0 Å². The zero-order valence-corrected chi connectivity index (χ0v) is 5.10. The molecule has 0 saturated heterocycles. The minimum atomic E-state index is -2.40. The summed E-state index contributed by atoms with van der Waals surface area (Å²) in [6, 6.07) is 0. The molecule has 1 nitrogen and oxygen atoms in total. The van der Waals surface area contributed by atoms with Crippen LogP contribution in [0.3, 0.4) is 0 Å². The summed E-state index contributed by atoms with van der Waals surface area (Å²) >= 11 is 0. The third kappa shape index (κ3) is 1.04. The molecule has 0 amide bonds. The molecular weight excluding hydrogens is 126 g/mol. The largest absolute Gasteiger partial charge is 0.489 e. The third-order valence-corrected chi connectivity index (χ3v) is 1.42.